The number of rotatable bonds is 1. The average Bonchev–Trinajstić information content (AvgIpc) is 2.28. The third-order valence-electron chi connectivity index (χ3n) is 2.30. The van der Waals surface area contributed by atoms with Crippen molar-refractivity contribution in [3.63, 3.8) is 0 Å². The predicted molar refractivity (Wildman–Crippen MR) is 68.6 cm³/mol. The first-order valence-electron chi connectivity index (χ1n) is 4.63. The van der Waals surface area contributed by atoms with E-state index in [1.54, 1.807) is 25.2 Å². The molecule has 17 heavy (non-hydrogen) atoms. The zero-order valence-electron chi connectivity index (χ0n) is 9.08. The average molecular weight is 417 g/mol. The number of halogens is 2. The molecule has 2 nitrogen and oxygen atoms in total. The standard InChI is InChI=1S/C12H8FINO.Y/c1-15-11(7-6-10(14)12(15)16)8-2-4-9(13)5-3-8;/h2-6H,1H3;/q-1;. The maximum atomic E-state index is 12.8. The molecule has 0 spiro atoms. The van der Waals surface area contributed by atoms with Gasteiger partial charge in [-0.3, -0.25) is 4.79 Å². The molecule has 1 heterocycles. The van der Waals surface area contributed by atoms with Crippen LogP contribution in [0.15, 0.2) is 35.1 Å². The fourth-order valence-corrected chi connectivity index (χ4v) is 1.95. The van der Waals surface area contributed by atoms with Crippen molar-refractivity contribution in [2.45, 2.75) is 0 Å². The molecular weight excluding hydrogens is 409 g/mol. The van der Waals surface area contributed by atoms with Crippen molar-refractivity contribution in [2.24, 2.45) is 7.05 Å². The van der Waals surface area contributed by atoms with Gasteiger partial charge in [0.15, 0.2) is 0 Å². The van der Waals surface area contributed by atoms with Crippen LogP contribution in [0, 0.1) is 15.5 Å². The van der Waals surface area contributed by atoms with Crippen LogP contribution >= 0.6 is 22.6 Å². The number of hydrogen-bond acceptors (Lipinski definition) is 1. The summed E-state index contributed by atoms with van der Waals surface area (Å²) in [5.41, 5.74) is 1.36. The number of aromatic nitrogens is 1. The third-order valence-corrected chi connectivity index (χ3v) is 3.07. The summed E-state index contributed by atoms with van der Waals surface area (Å²) in [6.45, 7) is 0. The summed E-state index contributed by atoms with van der Waals surface area (Å²) in [5, 5.41) is 0. The van der Waals surface area contributed by atoms with Gasteiger partial charge < -0.3 is 4.57 Å². The molecule has 1 aromatic carbocycles. The number of benzene rings is 1. The molecule has 2 aromatic rings. The Morgan fingerprint density at radius 1 is 1.29 bits per heavy atom. The summed E-state index contributed by atoms with van der Waals surface area (Å²) in [7, 11) is 1.68. The molecule has 0 saturated heterocycles. The number of pyridine rings is 1. The van der Waals surface area contributed by atoms with E-state index in [0.717, 1.165) is 5.56 Å². The Morgan fingerprint density at radius 2 is 1.88 bits per heavy atom. The van der Waals surface area contributed by atoms with Gasteiger partial charge in [-0.1, -0.05) is 11.3 Å². The second kappa shape index (κ2) is 6.20. The quantitative estimate of drug-likeness (QED) is 0.517. The van der Waals surface area contributed by atoms with E-state index in [0.29, 0.717) is 9.26 Å². The summed E-state index contributed by atoms with van der Waals surface area (Å²) in [5.74, 6) is -0.292. The monoisotopic (exact) mass is 417 g/mol. The second-order valence-electron chi connectivity index (χ2n) is 3.36. The molecule has 2 rings (SSSR count). The van der Waals surface area contributed by atoms with Gasteiger partial charge in [-0.2, -0.15) is 12.1 Å². The molecule has 0 atom stereocenters. The van der Waals surface area contributed by atoms with Crippen LogP contribution in [0.4, 0.5) is 4.39 Å². The molecule has 0 saturated carbocycles. The van der Waals surface area contributed by atoms with Gasteiger partial charge in [0.2, 0.25) is 5.56 Å². The van der Waals surface area contributed by atoms with E-state index in [1.165, 1.54) is 16.7 Å². The number of hydrogen-bond donors (Lipinski definition) is 0. The Bertz CT molecular complexity index is 580. The molecule has 1 aromatic heterocycles. The van der Waals surface area contributed by atoms with Gasteiger partial charge in [-0.15, -0.1) is 34.7 Å². The molecule has 0 unspecified atom stereocenters. The Hall–Kier alpha value is -0.0661. The molecule has 0 bridgehead atoms. The predicted octanol–water partition coefficient (Wildman–Crippen LogP) is 2.59. The SMILES string of the molecule is Cn1c(-c2ccc(F)cc2)[c-]cc(I)c1=O.[Y]. The zero-order valence-corrected chi connectivity index (χ0v) is 14.1. The zero-order chi connectivity index (χ0) is 11.7. The number of nitrogens with zero attached hydrogens (tertiary/aromatic N) is 1. The van der Waals surface area contributed by atoms with Crippen LogP contribution in [0.25, 0.3) is 11.3 Å². The first-order valence-corrected chi connectivity index (χ1v) is 5.70. The Kier molecular flexibility index (Phi) is 5.47. The van der Waals surface area contributed by atoms with Crippen LogP contribution in [0.1, 0.15) is 0 Å². The molecule has 0 N–H and O–H groups in total. The normalized spacial score (nSPS) is 9.82. The summed E-state index contributed by atoms with van der Waals surface area (Å²) in [6, 6.07) is 10.7. The Morgan fingerprint density at radius 3 is 2.47 bits per heavy atom. The first-order chi connectivity index (χ1) is 7.59. The van der Waals surface area contributed by atoms with Gasteiger partial charge in [0.1, 0.15) is 5.82 Å². The van der Waals surface area contributed by atoms with Crippen molar-refractivity contribution in [3.05, 3.63) is 56.1 Å². The molecule has 0 aliphatic heterocycles. The Balaban J connectivity index is 0.00000144. The smallest absolute Gasteiger partial charge is 0.207 e. The van der Waals surface area contributed by atoms with E-state index in [9.17, 15) is 9.18 Å². The van der Waals surface area contributed by atoms with E-state index < -0.39 is 0 Å². The van der Waals surface area contributed by atoms with Gasteiger partial charge in [0.05, 0.1) is 0 Å². The molecule has 0 amide bonds. The van der Waals surface area contributed by atoms with E-state index in [2.05, 4.69) is 6.07 Å². The molecular formula is C12H8FINOY-. The summed E-state index contributed by atoms with van der Waals surface area (Å²) >= 11 is 1.97. The van der Waals surface area contributed by atoms with Crippen molar-refractivity contribution in [1.82, 2.24) is 4.57 Å². The molecule has 0 fully saturated rings. The fourth-order valence-electron chi connectivity index (χ4n) is 1.44. The largest absolute Gasteiger partial charge is 0.345 e. The Labute approximate surface area is 137 Å². The molecule has 1 radical (unpaired) electrons. The molecule has 5 heteroatoms. The topological polar surface area (TPSA) is 22.0 Å². The maximum Gasteiger partial charge on any atom is 0.207 e. The molecule has 85 valence electrons. The van der Waals surface area contributed by atoms with Gasteiger partial charge >= 0.3 is 0 Å². The fraction of sp³-hybridized carbons (Fsp3) is 0.0833. The van der Waals surface area contributed by atoms with Crippen LogP contribution in [-0.2, 0) is 39.8 Å². The maximum absolute atomic E-state index is 12.8. The van der Waals surface area contributed by atoms with Crippen molar-refractivity contribution < 1.29 is 37.1 Å². The first kappa shape index (κ1) is 15.0. The molecule has 0 aliphatic rings. The van der Waals surface area contributed by atoms with Gasteiger partial charge in [0.25, 0.3) is 0 Å². The van der Waals surface area contributed by atoms with Gasteiger partial charge in [-0.25, -0.2) is 4.39 Å². The summed E-state index contributed by atoms with van der Waals surface area (Å²) in [4.78, 5) is 11.7. The summed E-state index contributed by atoms with van der Waals surface area (Å²) in [6.07, 6.45) is 0. The minimum Gasteiger partial charge on any atom is -0.345 e. The van der Waals surface area contributed by atoms with Crippen LogP contribution in [0.5, 0.6) is 0 Å². The van der Waals surface area contributed by atoms with Gasteiger partial charge in [0, 0.05) is 39.8 Å². The van der Waals surface area contributed by atoms with Crippen LogP contribution in [-0.4, -0.2) is 4.57 Å². The van der Waals surface area contributed by atoms with E-state index in [4.69, 9.17) is 0 Å². The van der Waals surface area contributed by atoms with Crippen molar-refractivity contribution >= 4 is 22.6 Å². The summed E-state index contributed by atoms with van der Waals surface area (Å²) < 4.78 is 14.9. The van der Waals surface area contributed by atoms with Crippen LogP contribution in [0.2, 0.25) is 0 Å². The minimum atomic E-state index is -0.292. The van der Waals surface area contributed by atoms with E-state index in [-0.39, 0.29) is 44.1 Å². The van der Waals surface area contributed by atoms with Crippen molar-refractivity contribution in [2.75, 3.05) is 0 Å². The minimum absolute atomic E-state index is 0. The second-order valence-corrected chi connectivity index (χ2v) is 4.52. The van der Waals surface area contributed by atoms with E-state index in [1.807, 2.05) is 22.6 Å². The van der Waals surface area contributed by atoms with Crippen molar-refractivity contribution in [1.29, 1.82) is 0 Å². The van der Waals surface area contributed by atoms with Crippen molar-refractivity contribution in [3.8, 4) is 11.3 Å². The van der Waals surface area contributed by atoms with Crippen LogP contribution in [0.3, 0.4) is 0 Å². The molecule has 0 aliphatic carbocycles. The van der Waals surface area contributed by atoms with E-state index >= 15 is 0 Å². The van der Waals surface area contributed by atoms with Gasteiger partial charge in [-0.05, 0) is 15.7 Å². The van der Waals surface area contributed by atoms with Crippen LogP contribution < -0.4 is 5.56 Å². The third kappa shape index (κ3) is 3.23.